The highest BCUT2D eigenvalue weighted by Crippen LogP contribution is 2.17. The second-order valence-corrected chi connectivity index (χ2v) is 8.93. The molecule has 0 aliphatic heterocycles. The fraction of sp³-hybridized carbons (Fsp3) is 0.462. The molecule has 0 aromatic heterocycles. The van der Waals surface area contributed by atoms with Crippen LogP contribution in [0.2, 0.25) is 0 Å². The van der Waals surface area contributed by atoms with Crippen molar-refractivity contribution >= 4 is 12.2 Å². The van der Waals surface area contributed by atoms with Crippen LogP contribution in [0.15, 0.2) is 60.7 Å². The quantitative estimate of drug-likeness (QED) is 0.397. The summed E-state index contributed by atoms with van der Waals surface area (Å²) in [5.41, 5.74) is 1.66. The van der Waals surface area contributed by atoms with E-state index in [9.17, 15) is 19.8 Å². The molecule has 2 aromatic carbocycles. The van der Waals surface area contributed by atoms with Crippen LogP contribution in [0.25, 0.3) is 0 Å². The van der Waals surface area contributed by atoms with Crippen LogP contribution < -0.4 is 10.6 Å². The predicted octanol–water partition coefficient (Wildman–Crippen LogP) is 3.61. The summed E-state index contributed by atoms with van der Waals surface area (Å²) in [7, 11) is 0. The monoisotopic (exact) mass is 472 g/mol. The molecule has 0 spiro atoms. The molecule has 2 rings (SSSR count). The van der Waals surface area contributed by atoms with Crippen LogP contribution in [-0.2, 0) is 22.7 Å². The van der Waals surface area contributed by atoms with Crippen molar-refractivity contribution in [1.82, 2.24) is 10.6 Å². The zero-order valence-electron chi connectivity index (χ0n) is 20.2. The van der Waals surface area contributed by atoms with Crippen molar-refractivity contribution in [3.05, 3.63) is 71.8 Å². The molecule has 2 amide bonds. The number of nitrogens with one attached hydrogen (secondary N) is 2. The number of alkyl carbamates (subject to hydrolysis) is 2. The maximum atomic E-state index is 12.3. The minimum absolute atomic E-state index is 0.0829. The van der Waals surface area contributed by atoms with Crippen LogP contribution in [-0.4, -0.2) is 46.7 Å². The summed E-state index contributed by atoms with van der Waals surface area (Å²) in [5.74, 6) is -0.432. The minimum atomic E-state index is -1.36. The van der Waals surface area contributed by atoms with Crippen molar-refractivity contribution in [3.8, 4) is 0 Å². The summed E-state index contributed by atoms with van der Waals surface area (Å²) in [4.78, 5) is 24.7. The third kappa shape index (κ3) is 8.68. The van der Waals surface area contributed by atoms with Crippen molar-refractivity contribution < 1.29 is 29.3 Å². The topological polar surface area (TPSA) is 117 Å². The highest BCUT2D eigenvalue weighted by molar-refractivity contribution is 5.68. The molecule has 4 N–H and O–H groups in total. The summed E-state index contributed by atoms with van der Waals surface area (Å²) in [5, 5.41) is 27.1. The molecule has 2 aromatic rings. The smallest absolute Gasteiger partial charge is 0.407 e. The number of benzene rings is 2. The summed E-state index contributed by atoms with van der Waals surface area (Å²) >= 11 is 0. The lowest BCUT2D eigenvalue weighted by Gasteiger charge is -2.35. The van der Waals surface area contributed by atoms with Crippen molar-refractivity contribution in [2.75, 3.05) is 0 Å². The Hall–Kier alpha value is -3.10. The second-order valence-electron chi connectivity index (χ2n) is 8.93. The van der Waals surface area contributed by atoms with Gasteiger partial charge < -0.3 is 30.3 Å². The fourth-order valence-electron chi connectivity index (χ4n) is 3.52. The number of carbonyl (C=O) groups excluding carboxylic acids is 2. The number of hydrogen-bond donors (Lipinski definition) is 4. The molecule has 0 bridgehead atoms. The van der Waals surface area contributed by atoms with Gasteiger partial charge in [-0.15, -0.1) is 0 Å². The van der Waals surface area contributed by atoms with Gasteiger partial charge in [-0.2, -0.15) is 0 Å². The Labute approximate surface area is 201 Å². The molecule has 0 unspecified atom stereocenters. The van der Waals surface area contributed by atoms with E-state index < -0.39 is 36.5 Å². The number of amides is 2. The first kappa shape index (κ1) is 27.1. The summed E-state index contributed by atoms with van der Waals surface area (Å²) in [6.45, 7) is 7.40. The van der Waals surface area contributed by atoms with Crippen LogP contribution in [0.3, 0.4) is 0 Å². The lowest BCUT2D eigenvalue weighted by Crippen LogP contribution is -2.59. The first-order valence-corrected chi connectivity index (χ1v) is 11.5. The Morgan fingerprint density at radius 1 is 0.676 bits per heavy atom. The largest absolute Gasteiger partial charge is 0.445 e. The highest BCUT2D eigenvalue weighted by atomic mass is 16.6. The average molecular weight is 473 g/mol. The van der Waals surface area contributed by atoms with Gasteiger partial charge in [0.25, 0.3) is 0 Å². The number of aliphatic hydroxyl groups is 2. The predicted molar refractivity (Wildman–Crippen MR) is 129 cm³/mol. The molecule has 8 heteroatoms. The van der Waals surface area contributed by atoms with Crippen molar-refractivity contribution in [1.29, 1.82) is 0 Å². The Morgan fingerprint density at radius 3 is 1.29 bits per heavy atom. The number of hydrogen-bond acceptors (Lipinski definition) is 6. The normalized spacial score (nSPS) is 14.7. The van der Waals surface area contributed by atoms with Gasteiger partial charge in [-0.25, -0.2) is 9.59 Å². The molecular formula is C26H36N2O6. The van der Waals surface area contributed by atoms with E-state index in [1.165, 1.54) is 0 Å². The molecule has 0 aliphatic carbocycles. The van der Waals surface area contributed by atoms with Crippen LogP contribution in [0.1, 0.15) is 38.8 Å². The van der Waals surface area contributed by atoms with E-state index in [1.807, 2.05) is 88.4 Å². The van der Waals surface area contributed by atoms with Gasteiger partial charge in [0.2, 0.25) is 0 Å². The third-order valence-electron chi connectivity index (χ3n) is 5.52. The zero-order valence-corrected chi connectivity index (χ0v) is 20.2. The Morgan fingerprint density at radius 2 is 1.00 bits per heavy atom. The van der Waals surface area contributed by atoms with Gasteiger partial charge in [0.1, 0.15) is 25.4 Å². The number of ether oxygens (including phenoxy) is 2. The van der Waals surface area contributed by atoms with Gasteiger partial charge in [-0.3, -0.25) is 0 Å². The van der Waals surface area contributed by atoms with E-state index in [2.05, 4.69) is 10.6 Å². The van der Waals surface area contributed by atoms with Crippen molar-refractivity contribution in [2.24, 2.45) is 11.8 Å². The number of carbonyl (C=O) groups is 2. The minimum Gasteiger partial charge on any atom is -0.445 e. The molecule has 0 saturated carbocycles. The standard InChI is InChI=1S/C26H36N2O6/c1-17(2)21(27-25(31)33-15-19-11-7-5-8-12-19)23(29)24(30)22(18(3)4)28-26(32)34-16-20-13-9-6-10-14-20/h5-14,17-18,21-24,29-30H,15-16H2,1-4H3,(H,27,31)(H,28,32)/t21-,22-,23+,24+/m0/s1. The lowest BCUT2D eigenvalue weighted by atomic mass is 9.88. The fourth-order valence-corrected chi connectivity index (χ4v) is 3.52. The van der Waals surface area contributed by atoms with E-state index in [0.717, 1.165) is 11.1 Å². The first-order valence-electron chi connectivity index (χ1n) is 11.5. The average Bonchev–Trinajstić information content (AvgIpc) is 2.83. The van der Waals surface area contributed by atoms with Gasteiger partial charge >= 0.3 is 12.2 Å². The van der Waals surface area contributed by atoms with Crippen molar-refractivity contribution in [2.45, 2.75) is 65.2 Å². The molecule has 8 nitrogen and oxygen atoms in total. The molecular weight excluding hydrogens is 436 g/mol. The van der Waals surface area contributed by atoms with Gasteiger partial charge in [0.15, 0.2) is 0 Å². The molecule has 0 saturated heterocycles. The van der Waals surface area contributed by atoms with Gasteiger partial charge in [0, 0.05) is 0 Å². The third-order valence-corrected chi connectivity index (χ3v) is 5.52. The van der Waals surface area contributed by atoms with E-state index in [4.69, 9.17) is 9.47 Å². The summed E-state index contributed by atoms with van der Waals surface area (Å²) in [6, 6.07) is 16.8. The van der Waals surface area contributed by atoms with Gasteiger partial charge in [-0.1, -0.05) is 88.4 Å². The molecule has 4 atom stereocenters. The number of rotatable bonds is 11. The van der Waals surface area contributed by atoms with E-state index in [-0.39, 0.29) is 25.0 Å². The first-order chi connectivity index (χ1) is 16.2. The molecule has 0 heterocycles. The zero-order chi connectivity index (χ0) is 25.1. The van der Waals surface area contributed by atoms with Crippen molar-refractivity contribution in [3.63, 3.8) is 0 Å². The van der Waals surface area contributed by atoms with Gasteiger partial charge in [0.05, 0.1) is 12.1 Å². The molecule has 0 aliphatic rings. The Bertz CT molecular complexity index is 802. The number of aliphatic hydroxyl groups excluding tert-OH is 2. The van der Waals surface area contributed by atoms with Crippen LogP contribution in [0.5, 0.6) is 0 Å². The molecule has 186 valence electrons. The van der Waals surface area contributed by atoms with E-state index in [0.29, 0.717) is 0 Å². The lowest BCUT2D eigenvalue weighted by molar-refractivity contribution is -0.0403. The van der Waals surface area contributed by atoms with Gasteiger partial charge in [-0.05, 0) is 23.0 Å². The maximum Gasteiger partial charge on any atom is 0.407 e. The maximum absolute atomic E-state index is 12.3. The SMILES string of the molecule is CC(C)[C@H](NC(=O)OCc1ccccc1)[C@@H](O)[C@H](O)[C@@H](NC(=O)OCc1ccccc1)C(C)C. The van der Waals surface area contributed by atoms with Crippen LogP contribution >= 0.6 is 0 Å². The Balaban J connectivity index is 1.96. The summed E-state index contributed by atoms with van der Waals surface area (Å²) < 4.78 is 10.5. The summed E-state index contributed by atoms with van der Waals surface area (Å²) in [6.07, 6.45) is -4.12. The molecule has 34 heavy (non-hydrogen) atoms. The van der Waals surface area contributed by atoms with Crippen LogP contribution in [0, 0.1) is 11.8 Å². The second kappa shape index (κ2) is 13.6. The molecule has 0 radical (unpaired) electrons. The van der Waals surface area contributed by atoms with E-state index in [1.54, 1.807) is 0 Å². The Kier molecular flexibility index (Phi) is 10.8. The molecule has 0 fully saturated rings. The van der Waals surface area contributed by atoms with E-state index >= 15 is 0 Å². The highest BCUT2D eigenvalue weighted by Gasteiger charge is 2.37. The van der Waals surface area contributed by atoms with Crippen LogP contribution in [0.4, 0.5) is 9.59 Å².